The van der Waals surface area contributed by atoms with Gasteiger partial charge in [-0.25, -0.2) is 13.2 Å². The van der Waals surface area contributed by atoms with Gasteiger partial charge in [0.25, 0.3) is 0 Å². The Hall–Kier alpha value is -2.27. The van der Waals surface area contributed by atoms with E-state index in [0.717, 1.165) is 28.1 Å². The molecule has 5 unspecified atom stereocenters. The molecular formula is C26H25F3O5S. The van der Waals surface area contributed by atoms with Gasteiger partial charge in [0, 0.05) is 16.2 Å². The minimum Gasteiger partial charge on any atom is -0.387 e. The van der Waals surface area contributed by atoms with Gasteiger partial charge in [0.15, 0.2) is 29.5 Å². The molecule has 186 valence electrons. The number of thiophene rings is 1. The van der Waals surface area contributed by atoms with Gasteiger partial charge < -0.3 is 24.4 Å². The van der Waals surface area contributed by atoms with E-state index in [1.165, 1.54) is 11.3 Å². The van der Waals surface area contributed by atoms with Gasteiger partial charge in [-0.1, -0.05) is 18.2 Å². The molecule has 2 aromatic carbocycles. The number of fused-ring (bicyclic) bond motifs is 1. The highest BCUT2D eigenvalue weighted by atomic mass is 32.1. The van der Waals surface area contributed by atoms with Crippen molar-refractivity contribution in [2.24, 2.45) is 0 Å². The van der Waals surface area contributed by atoms with Gasteiger partial charge in [-0.3, -0.25) is 0 Å². The van der Waals surface area contributed by atoms with Crippen LogP contribution >= 0.6 is 11.3 Å². The third-order valence-electron chi connectivity index (χ3n) is 6.37. The van der Waals surface area contributed by atoms with E-state index in [9.17, 15) is 23.4 Å². The zero-order chi connectivity index (χ0) is 25.1. The second kappa shape index (κ2) is 8.99. The number of aliphatic hydroxyl groups excluding tert-OH is 2. The van der Waals surface area contributed by atoms with Crippen molar-refractivity contribution in [3.63, 3.8) is 0 Å². The topological polar surface area (TPSA) is 68.2 Å². The van der Waals surface area contributed by atoms with Gasteiger partial charge >= 0.3 is 0 Å². The Kier molecular flexibility index (Phi) is 6.27. The fourth-order valence-electron chi connectivity index (χ4n) is 4.55. The molecule has 2 saturated heterocycles. The van der Waals surface area contributed by atoms with Crippen LogP contribution in [0.1, 0.15) is 41.5 Å². The molecule has 0 aliphatic carbocycles. The summed E-state index contributed by atoms with van der Waals surface area (Å²) < 4.78 is 57.7. The third kappa shape index (κ3) is 4.64. The van der Waals surface area contributed by atoms with Gasteiger partial charge in [0.05, 0.1) is 0 Å². The van der Waals surface area contributed by atoms with E-state index >= 15 is 0 Å². The van der Waals surface area contributed by atoms with Gasteiger partial charge in [-0.05, 0) is 67.3 Å². The number of hydrogen-bond acceptors (Lipinski definition) is 6. The molecule has 0 radical (unpaired) electrons. The molecule has 5 nitrogen and oxygen atoms in total. The lowest BCUT2D eigenvalue weighted by molar-refractivity contribution is -0.226. The average Bonchev–Trinajstić information content (AvgIpc) is 3.46. The number of halogens is 3. The zero-order valence-electron chi connectivity index (χ0n) is 19.3. The highest BCUT2D eigenvalue weighted by molar-refractivity contribution is 7.15. The normalized spacial score (nSPS) is 26.2. The summed E-state index contributed by atoms with van der Waals surface area (Å²) >= 11 is 1.35. The molecule has 0 saturated carbocycles. The Morgan fingerprint density at radius 1 is 1.03 bits per heavy atom. The SMILES string of the molecule is Cc1ccc(C(O)C2OC3OC(C)(C)OC3C2O)cc1Cc1ccc(-c2cc(F)c(F)c(F)c2)s1. The van der Waals surface area contributed by atoms with Crippen LogP contribution < -0.4 is 0 Å². The minimum atomic E-state index is -1.49. The van der Waals surface area contributed by atoms with Crippen molar-refractivity contribution in [3.8, 4) is 10.4 Å². The molecule has 0 bridgehead atoms. The standard InChI is InChI=1S/C26H25F3O5S/c1-12-4-5-13(21(30)23-22(31)24-25(32-23)34-26(2,3)33-24)8-14(12)9-16-6-7-19(35-16)15-10-17(27)20(29)18(28)11-15/h4-8,10-11,21-25,30-31H,9H2,1-3H3. The smallest absolute Gasteiger partial charge is 0.194 e. The molecule has 2 aliphatic rings. The number of benzene rings is 2. The van der Waals surface area contributed by atoms with E-state index in [0.29, 0.717) is 16.9 Å². The van der Waals surface area contributed by atoms with Crippen molar-refractivity contribution < 1.29 is 37.6 Å². The molecule has 5 rings (SSSR count). The van der Waals surface area contributed by atoms with Crippen LogP contribution in [0.4, 0.5) is 13.2 Å². The van der Waals surface area contributed by atoms with Crippen LogP contribution in [0, 0.1) is 24.4 Å². The lowest BCUT2D eigenvalue weighted by Gasteiger charge is -2.26. The van der Waals surface area contributed by atoms with Crippen LogP contribution in [0.5, 0.6) is 0 Å². The summed E-state index contributed by atoms with van der Waals surface area (Å²) in [6.45, 7) is 5.41. The first-order valence-electron chi connectivity index (χ1n) is 11.2. The Balaban J connectivity index is 1.34. The lowest BCUT2D eigenvalue weighted by atomic mass is 9.94. The van der Waals surface area contributed by atoms with Gasteiger partial charge in [-0.2, -0.15) is 0 Å². The highest BCUT2D eigenvalue weighted by Gasteiger charge is 2.56. The maximum atomic E-state index is 13.6. The summed E-state index contributed by atoms with van der Waals surface area (Å²) in [6, 6.07) is 11.1. The van der Waals surface area contributed by atoms with Crippen molar-refractivity contribution in [1.29, 1.82) is 0 Å². The molecule has 1 aromatic heterocycles. The Morgan fingerprint density at radius 3 is 2.43 bits per heavy atom. The molecule has 9 heteroatoms. The number of hydrogen-bond donors (Lipinski definition) is 2. The maximum absolute atomic E-state index is 13.6. The summed E-state index contributed by atoms with van der Waals surface area (Å²) in [5.41, 5.74) is 2.78. The highest BCUT2D eigenvalue weighted by Crippen LogP contribution is 2.41. The number of ether oxygens (including phenoxy) is 3. The van der Waals surface area contributed by atoms with Crippen LogP contribution in [0.15, 0.2) is 42.5 Å². The first kappa shape index (κ1) is 24.4. The molecule has 3 heterocycles. The summed E-state index contributed by atoms with van der Waals surface area (Å²) in [4.78, 5) is 1.54. The minimum absolute atomic E-state index is 0.268. The van der Waals surface area contributed by atoms with E-state index in [2.05, 4.69) is 0 Å². The summed E-state index contributed by atoms with van der Waals surface area (Å²) in [5.74, 6) is -4.81. The van der Waals surface area contributed by atoms with E-state index in [1.54, 1.807) is 26.0 Å². The number of aliphatic hydroxyl groups is 2. The third-order valence-corrected chi connectivity index (χ3v) is 7.51. The predicted molar refractivity (Wildman–Crippen MR) is 123 cm³/mol. The Bertz CT molecular complexity index is 1240. The average molecular weight is 507 g/mol. The Morgan fingerprint density at radius 2 is 1.74 bits per heavy atom. The largest absolute Gasteiger partial charge is 0.387 e. The molecule has 5 atom stereocenters. The quantitative estimate of drug-likeness (QED) is 0.477. The van der Waals surface area contributed by atoms with Crippen LogP contribution in [0.2, 0.25) is 0 Å². The van der Waals surface area contributed by atoms with Crippen molar-refractivity contribution >= 4 is 11.3 Å². The van der Waals surface area contributed by atoms with E-state index < -0.39 is 53.9 Å². The molecule has 3 aromatic rings. The lowest BCUT2D eigenvalue weighted by Crippen LogP contribution is -2.37. The number of aryl methyl sites for hydroxylation is 1. The van der Waals surface area contributed by atoms with Crippen molar-refractivity contribution in [3.05, 3.63) is 81.5 Å². The fourth-order valence-corrected chi connectivity index (χ4v) is 5.56. The Labute approximate surface area is 204 Å². The van der Waals surface area contributed by atoms with E-state index in [4.69, 9.17) is 14.2 Å². The molecular weight excluding hydrogens is 481 g/mol. The summed E-state index contributed by atoms with van der Waals surface area (Å²) in [5, 5.41) is 21.7. The fraction of sp³-hybridized carbons (Fsp3) is 0.385. The second-order valence-electron chi connectivity index (χ2n) is 9.39. The van der Waals surface area contributed by atoms with Crippen LogP contribution in [0.25, 0.3) is 10.4 Å². The van der Waals surface area contributed by atoms with Crippen molar-refractivity contribution in [2.75, 3.05) is 0 Å². The molecule has 0 spiro atoms. The van der Waals surface area contributed by atoms with Crippen LogP contribution in [-0.4, -0.2) is 40.6 Å². The summed E-state index contributed by atoms with van der Waals surface area (Å²) in [7, 11) is 0. The molecule has 2 N–H and O–H groups in total. The van der Waals surface area contributed by atoms with Gasteiger partial charge in [0.2, 0.25) is 0 Å². The second-order valence-corrected chi connectivity index (χ2v) is 10.6. The summed E-state index contributed by atoms with van der Waals surface area (Å²) in [6.07, 6.45) is -3.99. The molecule has 35 heavy (non-hydrogen) atoms. The molecule has 2 fully saturated rings. The van der Waals surface area contributed by atoms with Gasteiger partial charge in [0.1, 0.15) is 24.4 Å². The van der Waals surface area contributed by atoms with E-state index in [-0.39, 0.29) is 5.56 Å². The first-order chi connectivity index (χ1) is 16.5. The maximum Gasteiger partial charge on any atom is 0.194 e. The van der Waals surface area contributed by atoms with E-state index in [1.807, 2.05) is 25.1 Å². The molecule has 0 amide bonds. The molecule has 2 aliphatic heterocycles. The van der Waals surface area contributed by atoms with Gasteiger partial charge in [-0.15, -0.1) is 11.3 Å². The van der Waals surface area contributed by atoms with Crippen LogP contribution in [-0.2, 0) is 20.6 Å². The first-order valence-corrected chi connectivity index (χ1v) is 12.0. The monoisotopic (exact) mass is 506 g/mol. The van der Waals surface area contributed by atoms with Crippen molar-refractivity contribution in [2.45, 2.75) is 63.7 Å². The van der Waals surface area contributed by atoms with Crippen molar-refractivity contribution in [1.82, 2.24) is 0 Å². The predicted octanol–water partition coefficient (Wildman–Crippen LogP) is 5.00. The number of rotatable bonds is 5. The van der Waals surface area contributed by atoms with Crippen LogP contribution in [0.3, 0.4) is 0 Å². The zero-order valence-corrected chi connectivity index (χ0v) is 20.1.